The zero-order chi connectivity index (χ0) is 16.0. The van der Waals surface area contributed by atoms with Crippen molar-refractivity contribution in [2.45, 2.75) is 104 Å². The summed E-state index contributed by atoms with van der Waals surface area (Å²) in [5.41, 5.74) is 3.14. The molecule has 0 saturated heterocycles. The molecule has 0 aliphatic carbocycles. The SMILES string of the molecule is CCCCCCCCCC[n+]1ccc(CCC)c(CCC)c1. The number of hydrogen-bond donors (Lipinski definition) is 0. The molecule has 1 nitrogen and oxygen atoms in total. The van der Waals surface area contributed by atoms with Crippen molar-refractivity contribution in [3.63, 3.8) is 0 Å². The maximum atomic E-state index is 2.42. The summed E-state index contributed by atoms with van der Waals surface area (Å²) in [6.45, 7) is 8.04. The summed E-state index contributed by atoms with van der Waals surface area (Å²) in [5.74, 6) is 0. The molecule has 1 heterocycles. The maximum Gasteiger partial charge on any atom is 0.172 e. The molecule has 0 radical (unpaired) electrons. The van der Waals surface area contributed by atoms with Gasteiger partial charge in [-0.05, 0) is 24.8 Å². The zero-order valence-electron chi connectivity index (χ0n) is 15.4. The summed E-state index contributed by atoms with van der Waals surface area (Å²) in [7, 11) is 0. The second kappa shape index (κ2) is 12.7. The van der Waals surface area contributed by atoms with Crippen LogP contribution in [0.5, 0.6) is 0 Å². The van der Waals surface area contributed by atoms with Crippen LogP contribution in [0, 0.1) is 0 Å². The Kier molecular flexibility index (Phi) is 11.1. The van der Waals surface area contributed by atoms with Gasteiger partial charge in [-0.2, -0.15) is 0 Å². The molecular formula is C21H38N+. The molecule has 1 aromatic rings. The first-order valence-corrected chi connectivity index (χ1v) is 9.82. The van der Waals surface area contributed by atoms with Crippen LogP contribution in [-0.2, 0) is 19.4 Å². The van der Waals surface area contributed by atoms with Gasteiger partial charge in [0.1, 0.15) is 6.54 Å². The molecule has 0 aromatic carbocycles. The molecule has 0 fully saturated rings. The summed E-state index contributed by atoms with van der Waals surface area (Å²) >= 11 is 0. The molecule has 0 bridgehead atoms. The Morgan fingerprint density at radius 2 is 1.27 bits per heavy atom. The van der Waals surface area contributed by atoms with E-state index in [-0.39, 0.29) is 0 Å². The molecule has 0 spiro atoms. The third kappa shape index (κ3) is 7.96. The quantitative estimate of drug-likeness (QED) is 0.310. The lowest BCUT2D eigenvalue weighted by Crippen LogP contribution is -2.33. The van der Waals surface area contributed by atoms with Crippen molar-refractivity contribution in [1.82, 2.24) is 0 Å². The first-order chi connectivity index (χ1) is 10.8. The lowest BCUT2D eigenvalue weighted by molar-refractivity contribution is -0.697. The molecule has 22 heavy (non-hydrogen) atoms. The zero-order valence-corrected chi connectivity index (χ0v) is 15.4. The highest BCUT2D eigenvalue weighted by atomic mass is 14.9. The minimum Gasteiger partial charge on any atom is -0.205 e. The molecule has 0 aliphatic heterocycles. The van der Waals surface area contributed by atoms with Crippen molar-refractivity contribution in [1.29, 1.82) is 0 Å². The Labute approximate surface area is 139 Å². The van der Waals surface area contributed by atoms with Gasteiger partial charge in [0.05, 0.1) is 0 Å². The Morgan fingerprint density at radius 3 is 1.91 bits per heavy atom. The van der Waals surface area contributed by atoms with Crippen LogP contribution in [0.4, 0.5) is 0 Å². The second-order valence-electron chi connectivity index (χ2n) is 6.71. The van der Waals surface area contributed by atoms with E-state index in [1.165, 1.54) is 83.6 Å². The topological polar surface area (TPSA) is 3.88 Å². The number of hydrogen-bond acceptors (Lipinski definition) is 0. The predicted molar refractivity (Wildman–Crippen MR) is 97.2 cm³/mol. The van der Waals surface area contributed by atoms with Gasteiger partial charge in [0, 0.05) is 18.1 Å². The van der Waals surface area contributed by atoms with Gasteiger partial charge in [-0.15, -0.1) is 0 Å². The van der Waals surface area contributed by atoms with E-state index in [1.54, 1.807) is 11.1 Å². The van der Waals surface area contributed by atoms with Gasteiger partial charge in [-0.25, -0.2) is 4.57 Å². The van der Waals surface area contributed by atoms with Crippen molar-refractivity contribution in [3.8, 4) is 0 Å². The number of nitrogens with zero attached hydrogens (tertiary/aromatic N) is 1. The van der Waals surface area contributed by atoms with Crippen LogP contribution in [0.1, 0.15) is 96.1 Å². The van der Waals surface area contributed by atoms with Crippen molar-refractivity contribution in [2.24, 2.45) is 0 Å². The van der Waals surface area contributed by atoms with E-state index < -0.39 is 0 Å². The number of unbranched alkanes of at least 4 members (excludes halogenated alkanes) is 7. The second-order valence-corrected chi connectivity index (χ2v) is 6.71. The molecule has 1 aromatic heterocycles. The lowest BCUT2D eigenvalue weighted by Gasteiger charge is -2.07. The number of aryl methyl sites for hydroxylation is 3. The molecule has 0 unspecified atom stereocenters. The Morgan fingerprint density at radius 1 is 0.682 bits per heavy atom. The number of rotatable bonds is 13. The smallest absolute Gasteiger partial charge is 0.172 e. The normalized spacial score (nSPS) is 11.0. The molecule has 1 heteroatoms. The van der Waals surface area contributed by atoms with E-state index in [0.29, 0.717) is 0 Å². The first-order valence-electron chi connectivity index (χ1n) is 9.82. The fourth-order valence-corrected chi connectivity index (χ4v) is 3.19. The number of aromatic nitrogens is 1. The van der Waals surface area contributed by atoms with Crippen molar-refractivity contribution in [3.05, 3.63) is 29.6 Å². The van der Waals surface area contributed by atoms with Gasteiger partial charge >= 0.3 is 0 Å². The molecule has 126 valence electrons. The minimum absolute atomic E-state index is 1.19. The van der Waals surface area contributed by atoms with Crippen LogP contribution >= 0.6 is 0 Å². The summed E-state index contributed by atoms with van der Waals surface area (Å²) < 4.78 is 2.42. The summed E-state index contributed by atoms with van der Waals surface area (Å²) in [6, 6.07) is 2.36. The van der Waals surface area contributed by atoms with Crippen LogP contribution in [0.15, 0.2) is 18.5 Å². The van der Waals surface area contributed by atoms with E-state index in [1.807, 2.05) is 0 Å². The van der Waals surface area contributed by atoms with E-state index in [0.717, 1.165) is 0 Å². The van der Waals surface area contributed by atoms with Crippen LogP contribution in [0.3, 0.4) is 0 Å². The maximum absolute atomic E-state index is 2.42. The lowest BCUT2D eigenvalue weighted by atomic mass is 10.0. The third-order valence-corrected chi connectivity index (χ3v) is 4.51. The Bertz CT molecular complexity index is 383. The average molecular weight is 305 g/mol. The van der Waals surface area contributed by atoms with Crippen molar-refractivity contribution >= 4 is 0 Å². The first kappa shape index (κ1) is 19.2. The fraction of sp³-hybridized carbons (Fsp3) is 0.762. The van der Waals surface area contributed by atoms with E-state index in [2.05, 4.69) is 43.8 Å². The largest absolute Gasteiger partial charge is 0.205 e. The van der Waals surface area contributed by atoms with Gasteiger partial charge in [-0.1, -0.05) is 72.1 Å². The molecule has 0 atom stereocenters. The van der Waals surface area contributed by atoms with Crippen molar-refractivity contribution in [2.75, 3.05) is 0 Å². The average Bonchev–Trinajstić information content (AvgIpc) is 2.53. The number of pyridine rings is 1. The predicted octanol–water partition coefficient (Wildman–Crippen LogP) is 6.02. The van der Waals surface area contributed by atoms with E-state index in [4.69, 9.17) is 0 Å². The van der Waals surface area contributed by atoms with Gasteiger partial charge in [0.25, 0.3) is 0 Å². The molecule has 1 rings (SSSR count). The summed E-state index contributed by atoms with van der Waals surface area (Å²) in [6.07, 6.45) is 20.9. The monoisotopic (exact) mass is 304 g/mol. The molecule has 0 saturated carbocycles. The Balaban J connectivity index is 2.29. The van der Waals surface area contributed by atoms with Crippen LogP contribution in [0.25, 0.3) is 0 Å². The molecular weight excluding hydrogens is 266 g/mol. The molecule has 0 amide bonds. The van der Waals surface area contributed by atoms with Gasteiger partial charge in [0.2, 0.25) is 0 Å². The van der Waals surface area contributed by atoms with Gasteiger partial charge in [-0.3, -0.25) is 0 Å². The van der Waals surface area contributed by atoms with Gasteiger partial charge in [0.15, 0.2) is 12.4 Å². The highest BCUT2D eigenvalue weighted by Crippen LogP contribution is 2.12. The standard InChI is InChI=1S/C21H38N/c1-4-7-8-9-10-11-12-13-17-22-18-16-20(14-5-2)21(19-22)15-6-3/h16,18-19H,4-15,17H2,1-3H3/q+1. The van der Waals surface area contributed by atoms with Gasteiger partial charge < -0.3 is 0 Å². The van der Waals surface area contributed by atoms with E-state index in [9.17, 15) is 0 Å². The third-order valence-electron chi connectivity index (χ3n) is 4.51. The highest BCUT2D eigenvalue weighted by Gasteiger charge is 2.08. The minimum atomic E-state index is 1.19. The van der Waals surface area contributed by atoms with Crippen LogP contribution in [-0.4, -0.2) is 0 Å². The molecule has 0 N–H and O–H groups in total. The van der Waals surface area contributed by atoms with E-state index >= 15 is 0 Å². The van der Waals surface area contributed by atoms with Crippen LogP contribution in [0.2, 0.25) is 0 Å². The fourth-order valence-electron chi connectivity index (χ4n) is 3.19. The summed E-state index contributed by atoms with van der Waals surface area (Å²) in [5, 5.41) is 0. The molecule has 0 aliphatic rings. The van der Waals surface area contributed by atoms with Crippen LogP contribution < -0.4 is 4.57 Å². The Hall–Kier alpha value is -0.850. The van der Waals surface area contributed by atoms with Crippen molar-refractivity contribution < 1.29 is 4.57 Å². The highest BCUT2D eigenvalue weighted by molar-refractivity contribution is 5.21. The summed E-state index contributed by atoms with van der Waals surface area (Å²) in [4.78, 5) is 0.